The van der Waals surface area contributed by atoms with Crippen LogP contribution in [0.4, 0.5) is 0 Å². The number of hydrogen-bond donors (Lipinski definition) is 1. The second-order valence-corrected chi connectivity index (χ2v) is 5.58. The van der Waals surface area contributed by atoms with Crippen molar-refractivity contribution in [3.05, 3.63) is 29.3 Å². The number of rotatable bonds is 10. The molecule has 0 bridgehead atoms. The quantitative estimate of drug-likeness (QED) is 0.607. The minimum absolute atomic E-state index is 0.343. The van der Waals surface area contributed by atoms with E-state index in [4.69, 9.17) is 4.74 Å². The van der Waals surface area contributed by atoms with Gasteiger partial charge in [0, 0.05) is 11.6 Å². The maximum absolute atomic E-state index is 6.00. The molecule has 0 spiro atoms. The first kappa shape index (κ1) is 17.0. The zero-order chi connectivity index (χ0) is 14.8. The highest BCUT2D eigenvalue weighted by molar-refractivity contribution is 5.38. The second kappa shape index (κ2) is 9.82. The summed E-state index contributed by atoms with van der Waals surface area (Å²) in [5.41, 5.74) is 2.57. The molecular weight excluding hydrogens is 246 g/mol. The average molecular weight is 277 g/mol. The van der Waals surface area contributed by atoms with E-state index in [-0.39, 0.29) is 0 Å². The molecule has 1 aromatic carbocycles. The van der Waals surface area contributed by atoms with Gasteiger partial charge in [-0.2, -0.15) is 0 Å². The van der Waals surface area contributed by atoms with E-state index in [0.29, 0.717) is 6.04 Å². The van der Waals surface area contributed by atoms with Crippen LogP contribution in [0.3, 0.4) is 0 Å². The average Bonchev–Trinajstić information content (AvgIpc) is 2.44. The highest BCUT2D eigenvalue weighted by atomic mass is 16.5. The number of hydrogen-bond acceptors (Lipinski definition) is 2. The van der Waals surface area contributed by atoms with Crippen LogP contribution in [0.25, 0.3) is 0 Å². The second-order valence-electron chi connectivity index (χ2n) is 5.58. The lowest BCUT2D eigenvalue weighted by atomic mass is 10.0. The summed E-state index contributed by atoms with van der Waals surface area (Å²) in [7, 11) is 0. The molecule has 0 saturated carbocycles. The molecule has 1 rings (SSSR count). The normalized spacial score (nSPS) is 12.4. The molecular formula is C18H31NO. The van der Waals surface area contributed by atoms with Crippen molar-refractivity contribution in [2.24, 2.45) is 0 Å². The lowest BCUT2D eigenvalue weighted by molar-refractivity contribution is 0.299. The summed E-state index contributed by atoms with van der Waals surface area (Å²) in [5.74, 6) is 1.04. The Morgan fingerprint density at radius 1 is 1.10 bits per heavy atom. The zero-order valence-corrected chi connectivity index (χ0v) is 13.7. The topological polar surface area (TPSA) is 21.3 Å². The Bertz CT molecular complexity index is 376. The molecule has 0 fully saturated rings. The van der Waals surface area contributed by atoms with Crippen molar-refractivity contribution in [3.63, 3.8) is 0 Å². The molecule has 0 aliphatic carbocycles. The molecule has 0 radical (unpaired) electrons. The van der Waals surface area contributed by atoms with Gasteiger partial charge in [0.05, 0.1) is 6.61 Å². The molecule has 1 atom stereocenters. The first-order valence-electron chi connectivity index (χ1n) is 8.15. The number of unbranched alkanes of at least 4 members (excludes halogenated alkanes) is 4. The molecule has 0 heterocycles. The highest BCUT2D eigenvalue weighted by Crippen LogP contribution is 2.26. The Labute approximate surface area is 124 Å². The third kappa shape index (κ3) is 5.96. The van der Waals surface area contributed by atoms with Crippen molar-refractivity contribution in [2.45, 2.75) is 65.8 Å². The summed E-state index contributed by atoms with van der Waals surface area (Å²) in [6.07, 6.45) is 6.39. The van der Waals surface area contributed by atoms with Gasteiger partial charge in [0.1, 0.15) is 5.75 Å². The number of ether oxygens (including phenoxy) is 1. The third-order valence-electron chi connectivity index (χ3n) is 3.65. The molecule has 114 valence electrons. The molecule has 0 aliphatic rings. The smallest absolute Gasteiger partial charge is 0.124 e. The Balaban J connectivity index is 2.51. The summed E-state index contributed by atoms with van der Waals surface area (Å²) < 4.78 is 6.00. The van der Waals surface area contributed by atoms with E-state index in [1.54, 1.807) is 0 Å². The molecule has 1 aromatic rings. The maximum atomic E-state index is 6.00. The predicted molar refractivity (Wildman–Crippen MR) is 87.5 cm³/mol. The van der Waals surface area contributed by atoms with E-state index in [2.05, 4.69) is 51.2 Å². The van der Waals surface area contributed by atoms with Gasteiger partial charge in [-0.25, -0.2) is 0 Å². The van der Waals surface area contributed by atoms with Crippen molar-refractivity contribution in [1.29, 1.82) is 0 Å². The fourth-order valence-electron chi connectivity index (χ4n) is 2.44. The van der Waals surface area contributed by atoms with Crippen molar-refractivity contribution < 1.29 is 4.74 Å². The molecule has 2 heteroatoms. The predicted octanol–water partition coefficient (Wildman–Crippen LogP) is 5.01. The Morgan fingerprint density at radius 2 is 1.85 bits per heavy atom. The van der Waals surface area contributed by atoms with Crippen LogP contribution in [-0.4, -0.2) is 13.2 Å². The molecule has 0 amide bonds. The summed E-state index contributed by atoms with van der Waals surface area (Å²) in [6, 6.07) is 6.83. The van der Waals surface area contributed by atoms with Gasteiger partial charge in [0.25, 0.3) is 0 Å². The van der Waals surface area contributed by atoms with Crippen molar-refractivity contribution in [3.8, 4) is 5.75 Å². The van der Waals surface area contributed by atoms with Gasteiger partial charge in [-0.3, -0.25) is 0 Å². The molecule has 1 unspecified atom stereocenters. The van der Waals surface area contributed by atoms with Gasteiger partial charge in [0.2, 0.25) is 0 Å². The lowest BCUT2D eigenvalue weighted by Crippen LogP contribution is -2.18. The van der Waals surface area contributed by atoms with E-state index in [9.17, 15) is 0 Å². The first-order chi connectivity index (χ1) is 9.69. The fourth-order valence-corrected chi connectivity index (χ4v) is 2.44. The van der Waals surface area contributed by atoms with E-state index in [0.717, 1.165) is 25.3 Å². The van der Waals surface area contributed by atoms with Crippen molar-refractivity contribution in [2.75, 3.05) is 13.2 Å². The van der Waals surface area contributed by atoms with E-state index in [1.807, 2.05) is 0 Å². The molecule has 2 nitrogen and oxygen atoms in total. The van der Waals surface area contributed by atoms with Gasteiger partial charge in [0.15, 0.2) is 0 Å². The number of aryl methyl sites for hydroxylation is 1. The van der Waals surface area contributed by atoms with Crippen molar-refractivity contribution >= 4 is 0 Å². The zero-order valence-electron chi connectivity index (χ0n) is 13.7. The minimum Gasteiger partial charge on any atom is -0.493 e. The van der Waals surface area contributed by atoms with Crippen LogP contribution in [0.15, 0.2) is 18.2 Å². The van der Waals surface area contributed by atoms with Gasteiger partial charge >= 0.3 is 0 Å². The standard InChI is InChI=1S/C18H31NO/c1-5-7-8-9-10-13-20-18-12-11-15(3)14-17(18)16(4)19-6-2/h11-12,14,16,19H,5-10,13H2,1-4H3. The Morgan fingerprint density at radius 3 is 2.55 bits per heavy atom. The molecule has 1 N–H and O–H groups in total. The van der Waals surface area contributed by atoms with Gasteiger partial charge in [-0.15, -0.1) is 0 Å². The van der Waals surface area contributed by atoms with Crippen LogP contribution >= 0.6 is 0 Å². The highest BCUT2D eigenvalue weighted by Gasteiger charge is 2.11. The van der Waals surface area contributed by atoms with Gasteiger partial charge in [-0.05, 0) is 32.9 Å². The molecule has 0 aliphatic heterocycles. The Kier molecular flexibility index (Phi) is 8.36. The molecule has 0 aromatic heterocycles. The lowest BCUT2D eigenvalue weighted by Gasteiger charge is -2.18. The van der Waals surface area contributed by atoms with Gasteiger partial charge < -0.3 is 10.1 Å². The Hall–Kier alpha value is -1.02. The van der Waals surface area contributed by atoms with Crippen LogP contribution in [0.5, 0.6) is 5.75 Å². The van der Waals surface area contributed by atoms with E-state index >= 15 is 0 Å². The summed E-state index contributed by atoms with van der Waals surface area (Å²) in [6.45, 7) is 10.5. The first-order valence-corrected chi connectivity index (χ1v) is 8.15. The third-order valence-corrected chi connectivity index (χ3v) is 3.65. The maximum Gasteiger partial charge on any atom is 0.124 e. The summed E-state index contributed by atoms with van der Waals surface area (Å²) >= 11 is 0. The SMILES string of the molecule is CCCCCCCOc1ccc(C)cc1C(C)NCC. The molecule has 20 heavy (non-hydrogen) atoms. The number of nitrogens with one attached hydrogen (secondary N) is 1. The van der Waals surface area contributed by atoms with E-state index < -0.39 is 0 Å². The van der Waals surface area contributed by atoms with Gasteiger partial charge in [-0.1, -0.05) is 57.2 Å². The largest absolute Gasteiger partial charge is 0.493 e. The van der Waals surface area contributed by atoms with Crippen molar-refractivity contribution in [1.82, 2.24) is 5.32 Å². The number of benzene rings is 1. The monoisotopic (exact) mass is 277 g/mol. The minimum atomic E-state index is 0.343. The van der Waals surface area contributed by atoms with Crippen LogP contribution < -0.4 is 10.1 Å². The van der Waals surface area contributed by atoms with Crippen LogP contribution in [0, 0.1) is 6.92 Å². The fraction of sp³-hybridized carbons (Fsp3) is 0.667. The summed E-state index contributed by atoms with van der Waals surface area (Å²) in [5, 5.41) is 3.47. The van der Waals surface area contributed by atoms with Crippen LogP contribution in [-0.2, 0) is 0 Å². The van der Waals surface area contributed by atoms with Crippen LogP contribution in [0.2, 0.25) is 0 Å². The summed E-state index contributed by atoms with van der Waals surface area (Å²) in [4.78, 5) is 0. The van der Waals surface area contributed by atoms with E-state index in [1.165, 1.54) is 36.8 Å². The molecule has 0 saturated heterocycles. The van der Waals surface area contributed by atoms with Crippen LogP contribution in [0.1, 0.15) is 70.0 Å².